The lowest BCUT2D eigenvalue weighted by Gasteiger charge is -2.32. The summed E-state index contributed by atoms with van der Waals surface area (Å²) in [6.07, 6.45) is 7.15. The van der Waals surface area contributed by atoms with E-state index >= 15 is 0 Å². The van der Waals surface area contributed by atoms with Crippen molar-refractivity contribution in [2.45, 2.75) is 38.8 Å². The topological polar surface area (TPSA) is 63.1 Å². The van der Waals surface area contributed by atoms with Crippen molar-refractivity contribution < 1.29 is 4.79 Å². The summed E-state index contributed by atoms with van der Waals surface area (Å²) >= 11 is 0. The molecule has 1 N–H and O–H groups in total. The van der Waals surface area contributed by atoms with Crippen molar-refractivity contribution in [3.8, 4) is 0 Å². The number of hydrogen-bond donors (Lipinski definition) is 1. The zero-order chi connectivity index (χ0) is 16.2. The molecule has 3 heterocycles. The normalized spacial score (nSPS) is 15.9. The number of nitrogens with zero attached hydrogens (tertiary/aromatic N) is 4. The van der Waals surface area contributed by atoms with Crippen LogP contribution in [0.3, 0.4) is 0 Å². The van der Waals surface area contributed by atoms with Crippen molar-refractivity contribution in [1.29, 1.82) is 0 Å². The van der Waals surface area contributed by atoms with Gasteiger partial charge in [0.1, 0.15) is 5.82 Å². The minimum Gasteiger partial charge on any atom is -0.367 e. The molecule has 2 aromatic rings. The van der Waals surface area contributed by atoms with Gasteiger partial charge in [-0.15, -0.1) is 0 Å². The predicted octanol–water partition coefficient (Wildman–Crippen LogP) is 2.58. The fraction of sp³-hybridized carbons (Fsp3) is 0.471. The van der Waals surface area contributed by atoms with Crippen LogP contribution < -0.4 is 5.32 Å². The maximum atomic E-state index is 12.5. The summed E-state index contributed by atoms with van der Waals surface area (Å²) in [5, 5.41) is 7.68. The molecular weight excluding hydrogens is 290 g/mol. The van der Waals surface area contributed by atoms with Gasteiger partial charge in [0.05, 0.1) is 11.8 Å². The molecule has 1 aliphatic heterocycles. The van der Waals surface area contributed by atoms with E-state index in [2.05, 4.69) is 29.2 Å². The largest absolute Gasteiger partial charge is 0.367 e. The van der Waals surface area contributed by atoms with Gasteiger partial charge in [-0.25, -0.2) is 4.98 Å². The molecule has 23 heavy (non-hydrogen) atoms. The first kappa shape index (κ1) is 15.5. The van der Waals surface area contributed by atoms with Crippen LogP contribution in [0.5, 0.6) is 0 Å². The van der Waals surface area contributed by atoms with Gasteiger partial charge in [0, 0.05) is 37.6 Å². The number of nitrogens with one attached hydrogen (secondary N) is 1. The summed E-state index contributed by atoms with van der Waals surface area (Å²) in [5.41, 5.74) is 0.676. The van der Waals surface area contributed by atoms with E-state index in [1.54, 1.807) is 12.4 Å². The molecule has 0 radical (unpaired) electrons. The Morgan fingerprint density at radius 2 is 2.09 bits per heavy atom. The first-order valence-corrected chi connectivity index (χ1v) is 8.14. The fourth-order valence-corrected chi connectivity index (χ4v) is 2.80. The lowest BCUT2D eigenvalue weighted by atomic mass is 10.0. The lowest BCUT2D eigenvalue weighted by molar-refractivity contribution is 0.0718. The van der Waals surface area contributed by atoms with Crippen LogP contribution in [-0.4, -0.2) is 44.7 Å². The first-order chi connectivity index (χ1) is 11.1. The SMILES string of the molecule is CC(C)n1cc(C(=O)N2CCC(Nc3ccccn3)CC2)cn1. The molecule has 6 heteroatoms. The predicted molar refractivity (Wildman–Crippen MR) is 89.4 cm³/mol. The molecule has 6 nitrogen and oxygen atoms in total. The zero-order valence-corrected chi connectivity index (χ0v) is 13.6. The molecule has 1 fully saturated rings. The second-order valence-corrected chi connectivity index (χ2v) is 6.23. The van der Waals surface area contributed by atoms with Gasteiger partial charge in [0.2, 0.25) is 0 Å². The van der Waals surface area contributed by atoms with Gasteiger partial charge in [-0.2, -0.15) is 5.10 Å². The van der Waals surface area contributed by atoms with Crippen molar-refractivity contribution in [3.63, 3.8) is 0 Å². The molecule has 1 aliphatic rings. The van der Waals surface area contributed by atoms with Gasteiger partial charge in [-0.1, -0.05) is 6.07 Å². The molecular formula is C17H23N5O. The van der Waals surface area contributed by atoms with E-state index in [0.717, 1.165) is 31.7 Å². The Morgan fingerprint density at radius 1 is 1.30 bits per heavy atom. The Hall–Kier alpha value is -2.37. The van der Waals surface area contributed by atoms with E-state index in [1.165, 1.54) is 0 Å². The van der Waals surface area contributed by atoms with Gasteiger partial charge < -0.3 is 10.2 Å². The highest BCUT2D eigenvalue weighted by Gasteiger charge is 2.24. The molecule has 1 amide bonds. The average molecular weight is 313 g/mol. The van der Waals surface area contributed by atoms with Crippen LogP contribution in [0.25, 0.3) is 0 Å². The molecule has 2 aromatic heterocycles. The smallest absolute Gasteiger partial charge is 0.257 e. The highest BCUT2D eigenvalue weighted by molar-refractivity contribution is 5.93. The molecule has 0 saturated carbocycles. The number of rotatable bonds is 4. The van der Waals surface area contributed by atoms with Crippen molar-refractivity contribution in [2.24, 2.45) is 0 Å². The van der Waals surface area contributed by atoms with E-state index in [1.807, 2.05) is 34.0 Å². The Morgan fingerprint density at radius 3 is 2.70 bits per heavy atom. The number of aromatic nitrogens is 3. The maximum Gasteiger partial charge on any atom is 0.257 e. The number of piperidine rings is 1. The third kappa shape index (κ3) is 3.70. The summed E-state index contributed by atoms with van der Waals surface area (Å²) in [4.78, 5) is 18.7. The molecule has 0 atom stereocenters. The molecule has 3 rings (SSSR count). The van der Waals surface area contributed by atoms with Crippen molar-refractivity contribution in [2.75, 3.05) is 18.4 Å². The summed E-state index contributed by atoms with van der Waals surface area (Å²) in [6.45, 7) is 5.62. The monoisotopic (exact) mass is 313 g/mol. The van der Waals surface area contributed by atoms with Gasteiger partial charge in [-0.05, 0) is 38.8 Å². The third-order valence-electron chi connectivity index (χ3n) is 4.18. The Bertz CT molecular complexity index is 644. The zero-order valence-electron chi connectivity index (χ0n) is 13.6. The van der Waals surface area contributed by atoms with Gasteiger partial charge in [0.25, 0.3) is 5.91 Å². The summed E-state index contributed by atoms with van der Waals surface area (Å²) in [6, 6.07) is 6.49. The number of hydrogen-bond acceptors (Lipinski definition) is 4. The van der Waals surface area contributed by atoms with E-state index < -0.39 is 0 Å². The highest BCUT2D eigenvalue weighted by Crippen LogP contribution is 2.17. The molecule has 0 spiro atoms. The number of amides is 1. The molecule has 0 unspecified atom stereocenters. The van der Waals surface area contributed by atoms with Crippen LogP contribution in [0.1, 0.15) is 43.1 Å². The first-order valence-electron chi connectivity index (χ1n) is 8.14. The van der Waals surface area contributed by atoms with Crippen LogP contribution >= 0.6 is 0 Å². The molecule has 0 aliphatic carbocycles. The van der Waals surface area contributed by atoms with Gasteiger partial charge in [0.15, 0.2) is 0 Å². The van der Waals surface area contributed by atoms with Gasteiger partial charge >= 0.3 is 0 Å². The maximum absolute atomic E-state index is 12.5. The van der Waals surface area contributed by atoms with E-state index in [9.17, 15) is 4.79 Å². The third-order valence-corrected chi connectivity index (χ3v) is 4.18. The second-order valence-electron chi connectivity index (χ2n) is 6.23. The number of carbonyl (C=O) groups is 1. The van der Waals surface area contributed by atoms with Crippen LogP contribution in [0, 0.1) is 0 Å². The molecule has 0 bridgehead atoms. The molecule has 1 saturated heterocycles. The Balaban J connectivity index is 1.54. The van der Waals surface area contributed by atoms with E-state index in [-0.39, 0.29) is 11.9 Å². The van der Waals surface area contributed by atoms with Crippen molar-refractivity contribution in [1.82, 2.24) is 19.7 Å². The standard InChI is InChI=1S/C17H23N5O/c1-13(2)22-12-14(11-19-22)17(23)21-9-6-15(7-10-21)20-16-5-3-4-8-18-16/h3-5,8,11-13,15H,6-7,9-10H2,1-2H3,(H,18,20). The van der Waals surface area contributed by atoms with Crippen LogP contribution in [0.2, 0.25) is 0 Å². The number of anilines is 1. The van der Waals surface area contributed by atoms with Gasteiger partial charge in [-0.3, -0.25) is 9.48 Å². The lowest BCUT2D eigenvalue weighted by Crippen LogP contribution is -2.42. The van der Waals surface area contributed by atoms with Crippen LogP contribution in [-0.2, 0) is 0 Å². The molecule has 0 aromatic carbocycles. The quantitative estimate of drug-likeness (QED) is 0.942. The van der Waals surface area contributed by atoms with E-state index in [4.69, 9.17) is 0 Å². The minimum atomic E-state index is 0.0770. The Kier molecular flexibility index (Phi) is 4.60. The fourth-order valence-electron chi connectivity index (χ4n) is 2.80. The van der Waals surface area contributed by atoms with Crippen molar-refractivity contribution >= 4 is 11.7 Å². The number of likely N-dealkylation sites (tertiary alicyclic amines) is 1. The highest BCUT2D eigenvalue weighted by atomic mass is 16.2. The second kappa shape index (κ2) is 6.81. The summed E-state index contributed by atoms with van der Waals surface area (Å²) in [5.74, 6) is 0.976. The Labute approximate surface area is 136 Å². The average Bonchev–Trinajstić information content (AvgIpc) is 3.06. The number of pyridine rings is 1. The van der Waals surface area contributed by atoms with E-state index in [0.29, 0.717) is 11.6 Å². The van der Waals surface area contributed by atoms with Crippen LogP contribution in [0.4, 0.5) is 5.82 Å². The summed E-state index contributed by atoms with van der Waals surface area (Å²) in [7, 11) is 0. The summed E-state index contributed by atoms with van der Waals surface area (Å²) < 4.78 is 1.82. The number of carbonyl (C=O) groups excluding carboxylic acids is 1. The minimum absolute atomic E-state index is 0.0770. The van der Waals surface area contributed by atoms with Crippen LogP contribution in [0.15, 0.2) is 36.8 Å². The molecule has 122 valence electrons. The van der Waals surface area contributed by atoms with Crippen molar-refractivity contribution in [3.05, 3.63) is 42.4 Å².